The molecule has 0 amide bonds. The average molecular weight is 242 g/mol. The third-order valence-corrected chi connectivity index (χ3v) is 0. The molecule has 0 spiro atoms. The molecule has 0 atom stereocenters. The van der Waals surface area contributed by atoms with E-state index in [1.807, 2.05) is 0 Å². The van der Waals surface area contributed by atoms with Gasteiger partial charge in [0, 0.05) is 0 Å². The monoisotopic (exact) mass is 240 g/mol. The Kier molecular flexibility index (Phi) is 94.6. The summed E-state index contributed by atoms with van der Waals surface area (Å²) in [7, 11) is 0. The SMILES string of the molecule is [Cl-].[Cl-].[Rb+].[Rb+]. The van der Waals surface area contributed by atoms with Gasteiger partial charge in [-0.15, -0.1) is 0 Å². The molecule has 4 heavy (non-hydrogen) atoms. The third-order valence-electron chi connectivity index (χ3n) is 0. The van der Waals surface area contributed by atoms with Crippen molar-refractivity contribution in [3.8, 4) is 0 Å². The molecule has 0 saturated heterocycles. The van der Waals surface area contributed by atoms with Crippen LogP contribution in [0.25, 0.3) is 0 Å². The molecule has 16 valence electrons. The molecule has 0 bridgehead atoms. The van der Waals surface area contributed by atoms with Crippen molar-refractivity contribution in [2.75, 3.05) is 0 Å². The van der Waals surface area contributed by atoms with Gasteiger partial charge in [-0.25, -0.2) is 0 Å². The molecule has 0 nitrogen and oxygen atoms in total. The molecule has 0 heterocycles. The van der Waals surface area contributed by atoms with Gasteiger partial charge in [-0.1, -0.05) is 0 Å². The predicted molar refractivity (Wildman–Crippen MR) is 0 cm³/mol. The Morgan fingerprint density at radius 2 is 0.500 bits per heavy atom. The van der Waals surface area contributed by atoms with E-state index in [9.17, 15) is 0 Å². The van der Waals surface area contributed by atoms with Gasteiger partial charge in [0.05, 0.1) is 0 Å². The Labute approximate surface area is 136 Å². The number of hydrogen-bond donors (Lipinski definition) is 0. The second kappa shape index (κ2) is 15.7. The molecule has 0 aliphatic rings. The zero-order valence-corrected chi connectivity index (χ0v) is 14.1. The van der Waals surface area contributed by atoms with Gasteiger partial charge >= 0.3 is 116 Å². The Morgan fingerprint density at radius 3 is 0.500 bits per heavy atom. The fourth-order valence-electron chi connectivity index (χ4n) is 0. The van der Waals surface area contributed by atoms with Crippen molar-refractivity contribution >= 4 is 0 Å². The molecule has 0 fully saturated rings. The van der Waals surface area contributed by atoms with E-state index < -0.39 is 0 Å². The van der Waals surface area contributed by atoms with Crippen molar-refractivity contribution in [2.45, 2.75) is 0 Å². The molecule has 0 aliphatic heterocycles. The van der Waals surface area contributed by atoms with Crippen LogP contribution in [0.1, 0.15) is 0 Å². The van der Waals surface area contributed by atoms with Crippen molar-refractivity contribution in [1.29, 1.82) is 0 Å². The van der Waals surface area contributed by atoms with Gasteiger partial charge in [0.2, 0.25) is 0 Å². The maximum atomic E-state index is 0. The van der Waals surface area contributed by atoms with Crippen LogP contribution in [0.3, 0.4) is 0 Å². The smallest absolute Gasteiger partial charge is 1.00 e. The largest absolute Gasteiger partial charge is 1.00 e. The molecule has 4 heteroatoms. The van der Waals surface area contributed by atoms with Gasteiger partial charge in [0.15, 0.2) is 0 Å². The Bertz CT molecular complexity index is 4.00. The summed E-state index contributed by atoms with van der Waals surface area (Å²) in [6.07, 6.45) is 0. The van der Waals surface area contributed by atoms with Gasteiger partial charge in [-0.05, 0) is 0 Å². The minimum absolute atomic E-state index is 0. The Morgan fingerprint density at radius 1 is 0.500 bits per heavy atom. The summed E-state index contributed by atoms with van der Waals surface area (Å²) in [5.74, 6) is 0. The van der Waals surface area contributed by atoms with Gasteiger partial charge in [0.1, 0.15) is 0 Å². The maximum absolute atomic E-state index is 0. The molecular formula is Cl2Rb2. The summed E-state index contributed by atoms with van der Waals surface area (Å²) in [5.41, 5.74) is 0. The van der Waals surface area contributed by atoms with Crippen LogP contribution in [0, 0.1) is 0 Å². The van der Waals surface area contributed by atoms with Crippen molar-refractivity contribution in [2.24, 2.45) is 0 Å². The quantitative estimate of drug-likeness (QED) is 0.395. The zero-order valence-electron chi connectivity index (χ0n) is 2.76. The normalized spacial score (nSPS) is 0. The van der Waals surface area contributed by atoms with E-state index in [1.165, 1.54) is 0 Å². The van der Waals surface area contributed by atoms with Crippen LogP contribution in [0.2, 0.25) is 0 Å². The number of halogens is 2. The van der Waals surface area contributed by atoms with Crippen molar-refractivity contribution < 1.29 is 141 Å². The summed E-state index contributed by atoms with van der Waals surface area (Å²) >= 11 is 0. The molecule has 0 aromatic rings. The van der Waals surface area contributed by atoms with Crippen molar-refractivity contribution in [3.05, 3.63) is 0 Å². The summed E-state index contributed by atoms with van der Waals surface area (Å²) in [6.45, 7) is 0. The maximum Gasteiger partial charge on any atom is 1.00 e. The second-order valence-corrected chi connectivity index (χ2v) is 0. The fourth-order valence-corrected chi connectivity index (χ4v) is 0. The van der Waals surface area contributed by atoms with E-state index >= 15 is 0 Å². The van der Waals surface area contributed by atoms with Crippen LogP contribution in [0.15, 0.2) is 0 Å². The van der Waals surface area contributed by atoms with Crippen LogP contribution in [0.5, 0.6) is 0 Å². The summed E-state index contributed by atoms with van der Waals surface area (Å²) in [4.78, 5) is 0. The van der Waals surface area contributed by atoms with E-state index in [4.69, 9.17) is 0 Å². The van der Waals surface area contributed by atoms with Crippen LogP contribution in [-0.4, -0.2) is 0 Å². The molecule has 0 aliphatic carbocycles. The van der Waals surface area contributed by atoms with E-state index in [0.717, 1.165) is 0 Å². The molecule has 0 aromatic carbocycles. The number of rotatable bonds is 0. The first-order valence-corrected chi connectivity index (χ1v) is 0. The molecule has 0 rings (SSSR count). The topological polar surface area (TPSA) is 0 Å². The molecule has 0 radical (unpaired) electrons. The predicted octanol–water partition coefficient (Wildman–Crippen LogP) is -12.0. The Hall–Kier alpha value is 4.19. The molecular weight excluding hydrogens is 242 g/mol. The first kappa shape index (κ1) is 24.1. The second-order valence-electron chi connectivity index (χ2n) is 0. The van der Waals surface area contributed by atoms with Crippen LogP contribution in [0.4, 0.5) is 0 Å². The van der Waals surface area contributed by atoms with Gasteiger partial charge in [-0.3, -0.25) is 0 Å². The van der Waals surface area contributed by atoms with Gasteiger partial charge < -0.3 is 24.8 Å². The molecule has 0 N–H and O–H groups in total. The van der Waals surface area contributed by atoms with Crippen LogP contribution >= 0.6 is 0 Å². The van der Waals surface area contributed by atoms with Crippen molar-refractivity contribution in [1.82, 2.24) is 0 Å². The molecule has 0 saturated carbocycles. The summed E-state index contributed by atoms with van der Waals surface area (Å²) in [5, 5.41) is 0. The Balaban J connectivity index is 0. The van der Waals surface area contributed by atoms with E-state index in [1.54, 1.807) is 0 Å². The third kappa shape index (κ3) is 9.50. The number of hydrogen-bond acceptors (Lipinski definition) is 0. The molecule has 0 unspecified atom stereocenters. The summed E-state index contributed by atoms with van der Waals surface area (Å²) < 4.78 is 0. The van der Waals surface area contributed by atoms with E-state index in [-0.39, 0.29) is 141 Å². The van der Waals surface area contributed by atoms with Crippen LogP contribution < -0.4 is 141 Å². The first-order chi connectivity index (χ1) is 0. The van der Waals surface area contributed by atoms with E-state index in [2.05, 4.69) is 0 Å². The standard InChI is InChI=1S/2ClH.2Rb/h2*1H;;/q;;2*+1/p-2. The van der Waals surface area contributed by atoms with E-state index in [0.29, 0.717) is 0 Å². The summed E-state index contributed by atoms with van der Waals surface area (Å²) in [6, 6.07) is 0. The first-order valence-electron chi connectivity index (χ1n) is 0. The van der Waals surface area contributed by atoms with Crippen molar-refractivity contribution in [3.63, 3.8) is 0 Å². The fraction of sp³-hybridized carbons (Fsp3) is 0. The van der Waals surface area contributed by atoms with Gasteiger partial charge in [0.25, 0.3) is 0 Å². The van der Waals surface area contributed by atoms with Gasteiger partial charge in [-0.2, -0.15) is 0 Å². The molecule has 0 aromatic heterocycles. The van der Waals surface area contributed by atoms with Crippen LogP contribution in [-0.2, 0) is 0 Å². The zero-order chi connectivity index (χ0) is 0. The average Bonchev–Trinajstić information content (AvgIpc) is 0. The minimum Gasteiger partial charge on any atom is -1.00 e. The minimum atomic E-state index is 0.